The summed E-state index contributed by atoms with van der Waals surface area (Å²) in [5, 5.41) is 0. The molecule has 1 fully saturated rings. The number of nitrogens with zero attached hydrogens (tertiary/aromatic N) is 1. The van der Waals surface area contributed by atoms with Gasteiger partial charge in [0.05, 0.1) is 6.61 Å². The van der Waals surface area contributed by atoms with Crippen molar-refractivity contribution < 1.29 is 4.74 Å². The lowest BCUT2D eigenvalue weighted by atomic mass is 9.84. The molecule has 1 rings (SSSR count). The van der Waals surface area contributed by atoms with E-state index >= 15 is 0 Å². The summed E-state index contributed by atoms with van der Waals surface area (Å²) in [5.41, 5.74) is 6.54. The first-order valence-electron chi connectivity index (χ1n) is 6.52. The van der Waals surface area contributed by atoms with Gasteiger partial charge in [0.2, 0.25) is 0 Å². The van der Waals surface area contributed by atoms with E-state index < -0.39 is 0 Å². The maximum atomic E-state index is 6.23. The zero-order valence-electron chi connectivity index (χ0n) is 11.3. The molecular weight excluding hydrogens is 200 g/mol. The Labute approximate surface area is 100 Å². The van der Waals surface area contributed by atoms with Crippen molar-refractivity contribution in [3.05, 3.63) is 0 Å². The topological polar surface area (TPSA) is 38.5 Å². The maximum Gasteiger partial charge on any atom is 0.0615 e. The van der Waals surface area contributed by atoms with Crippen LogP contribution >= 0.6 is 0 Å². The Bertz CT molecular complexity index is 210. The van der Waals surface area contributed by atoms with Crippen LogP contribution in [0.5, 0.6) is 0 Å². The third kappa shape index (κ3) is 3.19. The molecule has 0 spiro atoms. The van der Waals surface area contributed by atoms with E-state index in [4.69, 9.17) is 10.5 Å². The zero-order chi connectivity index (χ0) is 12.2. The van der Waals surface area contributed by atoms with Crippen molar-refractivity contribution >= 4 is 0 Å². The van der Waals surface area contributed by atoms with Crippen LogP contribution in [-0.4, -0.2) is 43.8 Å². The van der Waals surface area contributed by atoms with E-state index in [1.807, 2.05) is 0 Å². The van der Waals surface area contributed by atoms with Gasteiger partial charge in [-0.15, -0.1) is 0 Å². The molecule has 0 heterocycles. The molecule has 0 amide bonds. The van der Waals surface area contributed by atoms with Crippen LogP contribution in [0.25, 0.3) is 0 Å². The molecule has 3 atom stereocenters. The smallest absolute Gasteiger partial charge is 0.0615 e. The lowest BCUT2D eigenvalue weighted by Gasteiger charge is -2.38. The average Bonchev–Trinajstić information content (AvgIpc) is 2.56. The molecule has 3 heteroatoms. The quantitative estimate of drug-likeness (QED) is 0.754. The van der Waals surface area contributed by atoms with Crippen molar-refractivity contribution in [1.29, 1.82) is 0 Å². The Morgan fingerprint density at radius 1 is 1.56 bits per heavy atom. The number of nitrogens with two attached hydrogens (primary N) is 1. The van der Waals surface area contributed by atoms with Crippen LogP contribution in [0.15, 0.2) is 0 Å². The summed E-state index contributed by atoms with van der Waals surface area (Å²) in [7, 11) is 1.77. The summed E-state index contributed by atoms with van der Waals surface area (Å²) in [6.45, 7) is 9.78. The monoisotopic (exact) mass is 228 g/mol. The van der Waals surface area contributed by atoms with Crippen molar-refractivity contribution in [2.75, 3.05) is 26.8 Å². The molecule has 0 aromatic heterocycles. The molecule has 96 valence electrons. The van der Waals surface area contributed by atoms with Gasteiger partial charge in [-0.1, -0.05) is 20.3 Å². The molecule has 1 saturated carbocycles. The van der Waals surface area contributed by atoms with Crippen molar-refractivity contribution in [2.45, 2.75) is 52.1 Å². The molecule has 0 aromatic carbocycles. The lowest BCUT2D eigenvalue weighted by Crippen LogP contribution is -2.48. The second-order valence-corrected chi connectivity index (χ2v) is 5.52. The van der Waals surface area contributed by atoms with Gasteiger partial charge < -0.3 is 10.5 Å². The second-order valence-electron chi connectivity index (χ2n) is 5.52. The van der Waals surface area contributed by atoms with Gasteiger partial charge in [0, 0.05) is 25.7 Å². The predicted molar refractivity (Wildman–Crippen MR) is 68.5 cm³/mol. The van der Waals surface area contributed by atoms with E-state index in [0.29, 0.717) is 17.5 Å². The van der Waals surface area contributed by atoms with Crippen molar-refractivity contribution in [2.24, 2.45) is 11.1 Å². The minimum atomic E-state index is 0.304. The van der Waals surface area contributed by atoms with Crippen LogP contribution in [0.2, 0.25) is 0 Å². The van der Waals surface area contributed by atoms with Crippen molar-refractivity contribution in [3.63, 3.8) is 0 Å². The van der Waals surface area contributed by atoms with Gasteiger partial charge in [0.1, 0.15) is 0 Å². The van der Waals surface area contributed by atoms with Gasteiger partial charge in [-0.05, 0) is 31.7 Å². The average molecular weight is 228 g/mol. The highest BCUT2D eigenvalue weighted by Crippen LogP contribution is 2.37. The second kappa shape index (κ2) is 5.99. The number of rotatable bonds is 6. The van der Waals surface area contributed by atoms with E-state index in [0.717, 1.165) is 19.7 Å². The first-order chi connectivity index (χ1) is 7.53. The van der Waals surface area contributed by atoms with Crippen LogP contribution in [0.4, 0.5) is 0 Å². The highest BCUT2D eigenvalue weighted by atomic mass is 16.5. The van der Waals surface area contributed by atoms with Crippen LogP contribution in [0, 0.1) is 5.41 Å². The van der Waals surface area contributed by atoms with Gasteiger partial charge in [0.15, 0.2) is 0 Å². The van der Waals surface area contributed by atoms with E-state index in [1.165, 1.54) is 19.3 Å². The van der Waals surface area contributed by atoms with Crippen molar-refractivity contribution in [3.8, 4) is 0 Å². The summed E-state index contributed by atoms with van der Waals surface area (Å²) in [5.74, 6) is 0. The largest absolute Gasteiger partial charge is 0.383 e. The van der Waals surface area contributed by atoms with Crippen molar-refractivity contribution in [1.82, 2.24) is 4.90 Å². The Kier molecular flexibility index (Phi) is 5.22. The number of hydrogen-bond acceptors (Lipinski definition) is 3. The van der Waals surface area contributed by atoms with E-state index in [9.17, 15) is 0 Å². The summed E-state index contributed by atoms with van der Waals surface area (Å²) in [6.07, 6.45) is 3.74. The number of hydrogen-bond donors (Lipinski definition) is 1. The summed E-state index contributed by atoms with van der Waals surface area (Å²) in [6, 6.07) is 0.857. The molecule has 0 saturated heterocycles. The third-order valence-electron chi connectivity index (χ3n) is 4.16. The normalized spacial score (nSPS) is 32.2. The zero-order valence-corrected chi connectivity index (χ0v) is 11.3. The Hall–Kier alpha value is -0.120. The third-order valence-corrected chi connectivity index (χ3v) is 4.16. The van der Waals surface area contributed by atoms with Gasteiger partial charge >= 0.3 is 0 Å². The van der Waals surface area contributed by atoms with Gasteiger partial charge in [-0.3, -0.25) is 4.90 Å². The van der Waals surface area contributed by atoms with E-state index in [-0.39, 0.29) is 0 Å². The molecular formula is C13H28N2O. The van der Waals surface area contributed by atoms with Gasteiger partial charge in [-0.2, -0.15) is 0 Å². The molecule has 0 bridgehead atoms. The van der Waals surface area contributed by atoms with E-state index in [1.54, 1.807) is 7.11 Å². The maximum absolute atomic E-state index is 6.23. The Morgan fingerprint density at radius 3 is 2.69 bits per heavy atom. The highest BCUT2D eigenvalue weighted by molar-refractivity contribution is 4.94. The summed E-state index contributed by atoms with van der Waals surface area (Å²) < 4.78 is 5.24. The number of likely N-dealkylation sites (N-methyl/N-ethyl adjacent to an activating group) is 1. The Balaban J connectivity index is 2.55. The molecule has 0 aromatic rings. The van der Waals surface area contributed by atoms with Crippen LogP contribution in [0.3, 0.4) is 0 Å². The fourth-order valence-electron chi connectivity index (χ4n) is 2.85. The molecule has 1 aliphatic carbocycles. The lowest BCUT2D eigenvalue weighted by molar-refractivity contribution is 0.0679. The Morgan fingerprint density at radius 2 is 2.25 bits per heavy atom. The predicted octanol–water partition coefficient (Wildman–Crippen LogP) is 1.86. The van der Waals surface area contributed by atoms with Gasteiger partial charge in [0.25, 0.3) is 0 Å². The fraction of sp³-hybridized carbons (Fsp3) is 1.00. The summed E-state index contributed by atoms with van der Waals surface area (Å²) >= 11 is 0. The molecule has 0 radical (unpaired) electrons. The van der Waals surface area contributed by atoms with Crippen LogP contribution < -0.4 is 5.73 Å². The summed E-state index contributed by atoms with van der Waals surface area (Å²) in [4.78, 5) is 2.49. The minimum Gasteiger partial charge on any atom is -0.383 e. The molecule has 3 nitrogen and oxygen atoms in total. The number of ether oxygens (including phenoxy) is 1. The van der Waals surface area contributed by atoms with Gasteiger partial charge in [-0.25, -0.2) is 0 Å². The fourth-order valence-corrected chi connectivity index (χ4v) is 2.85. The number of methoxy groups -OCH3 is 1. The SMILES string of the molecule is CCN(CC1(C)CCCC1N)C(C)COC. The first kappa shape index (κ1) is 13.9. The molecule has 3 unspecified atom stereocenters. The highest BCUT2D eigenvalue weighted by Gasteiger charge is 2.38. The van der Waals surface area contributed by atoms with Crippen LogP contribution in [-0.2, 0) is 4.74 Å². The van der Waals surface area contributed by atoms with E-state index in [2.05, 4.69) is 25.7 Å². The minimum absolute atomic E-state index is 0.304. The molecule has 1 aliphatic rings. The molecule has 0 aliphatic heterocycles. The molecule has 16 heavy (non-hydrogen) atoms. The standard InChI is InChI=1S/C13H28N2O/c1-5-15(11(2)9-16-4)10-13(3)8-6-7-12(13)14/h11-12H,5-10,14H2,1-4H3. The first-order valence-corrected chi connectivity index (χ1v) is 6.52. The molecule has 2 N–H and O–H groups in total. The van der Waals surface area contributed by atoms with Crippen LogP contribution in [0.1, 0.15) is 40.0 Å².